The van der Waals surface area contributed by atoms with Gasteiger partial charge in [0.2, 0.25) is 5.82 Å². The molecule has 2 unspecified atom stereocenters. The highest BCUT2D eigenvalue weighted by molar-refractivity contribution is 5.91. The maximum Gasteiger partial charge on any atom is 0.289 e. The minimum Gasteiger partial charge on any atom is -0.347 e. The van der Waals surface area contributed by atoms with Crippen LogP contribution >= 0.6 is 0 Å². The molecule has 2 aromatic heterocycles. The molecule has 4 heterocycles. The summed E-state index contributed by atoms with van der Waals surface area (Å²) >= 11 is 0. The molecule has 2 atom stereocenters. The van der Waals surface area contributed by atoms with E-state index in [1.165, 1.54) is 5.56 Å². The summed E-state index contributed by atoms with van der Waals surface area (Å²) in [6, 6.07) is 4.51. The van der Waals surface area contributed by atoms with Crippen molar-refractivity contribution in [2.45, 2.75) is 38.4 Å². The number of fused-ring (bicyclic) bond motifs is 2. The van der Waals surface area contributed by atoms with Crippen molar-refractivity contribution in [3.63, 3.8) is 0 Å². The molecular formula is C18H22N6O. The van der Waals surface area contributed by atoms with Crippen LogP contribution in [0, 0.1) is 11.8 Å². The number of nitrogens with zero attached hydrogens (tertiary/aromatic N) is 5. The van der Waals surface area contributed by atoms with Gasteiger partial charge in [-0.1, -0.05) is 0 Å². The molecule has 3 aliphatic rings. The molecule has 7 nitrogen and oxygen atoms in total. The lowest BCUT2D eigenvalue weighted by atomic mass is 9.89. The number of amides is 1. The Bertz CT molecular complexity index is 784. The van der Waals surface area contributed by atoms with Crippen LogP contribution < -0.4 is 5.32 Å². The molecule has 25 heavy (non-hydrogen) atoms. The average molecular weight is 338 g/mol. The Hall–Kier alpha value is -2.28. The predicted molar refractivity (Wildman–Crippen MR) is 90.7 cm³/mol. The largest absolute Gasteiger partial charge is 0.347 e. The van der Waals surface area contributed by atoms with Crippen LogP contribution in [0.1, 0.15) is 34.8 Å². The summed E-state index contributed by atoms with van der Waals surface area (Å²) in [7, 11) is 0. The smallest absolute Gasteiger partial charge is 0.289 e. The van der Waals surface area contributed by atoms with Crippen LogP contribution in [0.15, 0.2) is 24.5 Å². The number of pyridine rings is 1. The van der Waals surface area contributed by atoms with E-state index in [9.17, 15) is 4.79 Å². The fraction of sp³-hybridized carbons (Fsp3) is 0.556. The molecule has 0 aromatic carbocycles. The second-order valence-electron chi connectivity index (χ2n) is 7.57. The third kappa shape index (κ3) is 2.93. The monoisotopic (exact) mass is 338 g/mol. The molecule has 1 aliphatic carbocycles. The Morgan fingerprint density at radius 2 is 1.92 bits per heavy atom. The summed E-state index contributed by atoms with van der Waals surface area (Å²) in [5.41, 5.74) is 1.30. The summed E-state index contributed by atoms with van der Waals surface area (Å²) in [6.45, 7) is 3.97. The first-order valence-electron chi connectivity index (χ1n) is 9.10. The van der Waals surface area contributed by atoms with Gasteiger partial charge >= 0.3 is 0 Å². The van der Waals surface area contributed by atoms with Gasteiger partial charge in [-0.3, -0.25) is 14.7 Å². The Kier molecular flexibility index (Phi) is 3.55. The van der Waals surface area contributed by atoms with Gasteiger partial charge in [-0.2, -0.15) is 0 Å². The Balaban J connectivity index is 1.28. The fourth-order valence-electron chi connectivity index (χ4n) is 4.14. The molecule has 1 amide bonds. The fourth-order valence-corrected chi connectivity index (χ4v) is 4.14. The SMILES string of the molecule is O=C(NC1CC1)c1nnc2n1CC1CN(Cc3ccncc3)CC1C2. The first-order chi connectivity index (χ1) is 12.3. The van der Waals surface area contributed by atoms with Gasteiger partial charge in [0.15, 0.2) is 0 Å². The van der Waals surface area contributed by atoms with E-state index in [4.69, 9.17) is 0 Å². The molecule has 1 N–H and O–H groups in total. The number of rotatable bonds is 4. The van der Waals surface area contributed by atoms with Gasteiger partial charge in [-0.05, 0) is 42.4 Å². The molecule has 1 saturated heterocycles. The minimum absolute atomic E-state index is 0.0636. The zero-order valence-corrected chi connectivity index (χ0v) is 14.1. The number of carbonyl (C=O) groups is 1. The standard InChI is InChI=1S/C18H22N6O/c25-18(20-15-1-2-15)17-22-21-16-7-13-9-23(10-14(13)11-24(16)17)8-12-3-5-19-6-4-12/h3-6,13-15H,1-2,7-11H2,(H,20,25). The number of carbonyl (C=O) groups excluding carboxylic acids is 1. The van der Waals surface area contributed by atoms with Crippen LogP contribution in [0.5, 0.6) is 0 Å². The van der Waals surface area contributed by atoms with Crippen molar-refractivity contribution in [3.8, 4) is 0 Å². The van der Waals surface area contributed by atoms with E-state index in [-0.39, 0.29) is 5.91 Å². The van der Waals surface area contributed by atoms with Crippen molar-refractivity contribution < 1.29 is 4.79 Å². The molecule has 2 aliphatic heterocycles. The van der Waals surface area contributed by atoms with Crippen LogP contribution in [0.2, 0.25) is 0 Å². The molecule has 7 heteroatoms. The molecule has 1 saturated carbocycles. The highest BCUT2D eigenvalue weighted by atomic mass is 16.2. The minimum atomic E-state index is -0.0636. The van der Waals surface area contributed by atoms with E-state index >= 15 is 0 Å². The number of hydrogen-bond donors (Lipinski definition) is 1. The second kappa shape index (κ2) is 5.91. The van der Waals surface area contributed by atoms with Crippen molar-refractivity contribution in [2.24, 2.45) is 11.8 Å². The van der Waals surface area contributed by atoms with Gasteiger partial charge in [-0.25, -0.2) is 0 Å². The summed E-state index contributed by atoms with van der Waals surface area (Å²) in [4.78, 5) is 19.0. The molecule has 0 spiro atoms. The van der Waals surface area contributed by atoms with Crippen LogP contribution in [0.25, 0.3) is 0 Å². The van der Waals surface area contributed by atoms with Gasteiger partial charge in [-0.15, -0.1) is 10.2 Å². The quantitative estimate of drug-likeness (QED) is 0.895. The third-order valence-electron chi connectivity index (χ3n) is 5.61. The second-order valence-corrected chi connectivity index (χ2v) is 7.57. The van der Waals surface area contributed by atoms with Crippen LogP contribution in [0.4, 0.5) is 0 Å². The van der Waals surface area contributed by atoms with Crippen molar-refractivity contribution in [1.29, 1.82) is 0 Å². The highest BCUT2D eigenvalue weighted by Gasteiger charge is 2.39. The summed E-state index contributed by atoms with van der Waals surface area (Å²) in [5, 5.41) is 11.5. The zero-order valence-electron chi connectivity index (χ0n) is 14.1. The molecule has 5 rings (SSSR count). The van der Waals surface area contributed by atoms with E-state index in [1.807, 2.05) is 12.4 Å². The Morgan fingerprint density at radius 3 is 2.72 bits per heavy atom. The predicted octanol–water partition coefficient (Wildman–Crippen LogP) is 0.870. The van der Waals surface area contributed by atoms with Gasteiger partial charge in [0, 0.05) is 51.0 Å². The maximum absolute atomic E-state index is 12.4. The van der Waals surface area contributed by atoms with E-state index in [2.05, 4.69) is 42.1 Å². The Labute approximate surface area is 146 Å². The van der Waals surface area contributed by atoms with Crippen molar-refractivity contribution in [3.05, 3.63) is 41.7 Å². The van der Waals surface area contributed by atoms with Crippen LogP contribution in [0.3, 0.4) is 0 Å². The van der Waals surface area contributed by atoms with E-state index in [1.54, 1.807) is 0 Å². The zero-order chi connectivity index (χ0) is 16.8. The van der Waals surface area contributed by atoms with Crippen molar-refractivity contribution in [2.75, 3.05) is 13.1 Å². The van der Waals surface area contributed by atoms with E-state index in [0.717, 1.165) is 51.3 Å². The van der Waals surface area contributed by atoms with Gasteiger partial charge < -0.3 is 9.88 Å². The third-order valence-corrected chi connectivity index (χ3v) is 5.61. The summed E-state index contributed by atoms with van der Waals surface area (Å²) in [6.07, 6.45) is 6.79. The lowest BCUT2D eigenvalue weighted by molar-refractivity contribution is 0.0932. The van der Waals surface area contributed by atoms with Gasteiger partial charge in [0.05, 0.1) is 0 Å². The van der Waals surface area contributed by atoms with E-state index < -0.39 is 0 Å². The van der Waals surface area contributed by atoms with Crippen molar-refractivity contribution in [1.82, 2.24) is 30.0 Å². The van der Waals surface area contributed by atoms with Crippen LogP contribution in [-0.4, -0.2) is 49.7 Å². The lowest BCUT2D eigenvalue weighted by Gasteiger charge is -2.25. The van der Waals surface area contributed by atoms with Crippen LogP contribution in [-0.2, 0) is 19.5 Å². The summed E-state index contributed by atoms with van der Waals surface area (Å²) < 4.78 is 2.05. The van der Waals surface area contributed by atoms with Gasteiger partial charge in [0.25, 0.3) is 5.91 Å². The molecule has 130 valence electrons. The first kappa shape index (κ1) is 15.0. The molecule has 2 aromatic rings. The summed E-state index contributed by atoms with van der Waals surface area (Å²) in [5.74, 6) is 2.57. The number of likely N-dealkylation sites (tertiary alicyclic amines) is 1. The molecular weight excluding hydrogens is 316 g/mol. The van der Waals surface area contributed by atoms with Crippen molar-refractivity contribution >= 4 is 5.91 Å². The highest BCUT2D eigenvalue weighted by Crippen LogP contribution is 2.33. The molecule has 0 bridgehead atoms. The Morgan fingerprint density at radius 1 is 1.12 bits per heavy atom. The number of aromatic nitrogens is 4. The van der Waals surface area contributed by atoms with Gasteiger partial charge in [0.1, 0.15) is 5.82 Å². The average Bonchev–Trinajstić information content (AvgIpc) is 3.19. The number of hydrogen-bond acceptors (Lipinski definition) is 5. The first-order valence-corrected chi connectivity index (χ1v) is 9.10. The normalized spacial score (nSPS) is 25.4. The lowest BCUT2D eigenvalue weighted by Crippen LogP contribution is -2.33. The topological polar surface area (TPSA) is 75.9 Å². The molecule has 2 fully saturated rings. The van der Waals surface area contributed by atoms with E-state index in [0.29, 0.717) is 23.7 Å². The molecule has 0 radical (unpaired) electrons. The maximum atomic E-state index is 12.4. The number of nitrogens with one attached hydrogen (secondary N) is 1.